The molecule has 0 aliphatic heterocycles. The third-order valence-electron chi connectivity index (χ3n) is 3.62. The number of hydrogen-bond acceptors (Lipinski definition) is 6. The third kappa shape index (κ3) is 3.92. The summed E-state index contributed by atoms with van der Waals surface area (Å²) in [6.07, 6.45) is 1.12. The lowest BCUT2D eigenvalue weighted by Gasteiger charge is -2.24. The fourth-order valence-electron chi connectivity index (χ4n) is 2.41. The molecule has 2 rings (SSSR count). The van der Waals surface area contributed by atoms with E-state index < -0.39 is 17.2 Å². The zero-order chi connectivity index (χ0) is 17.7. The molecule has 2 aromatic rings. The van der Waals surface area contributed by atoms with Gasteiger partial charge in [-0.25, -0.2) is 9.59 Å². The average Bonchev–Trinajstić information content (AvgIpc) is 2.56. The summed E-state index contributed by atoms with van der Waals surface area (Å²) in [6.45, 7) is 3.22. The molecule has 0 radical (unpaired) electrons. The Morgan fingerprint density at radius 2 is 2.00 bits per heavy atom. The number of esters is 1. The molecule has 0 atom stereocenters. The van der Waals surface area contributed by atoms with Crippen LogP contribution in [0, 0.1) is 0 Å². The summed E-state index contributed by atoms with van der Waals surface area (Å²) < 4.78 is 9.77. The monoisotopic (exact) mass is 333 g/mol. The van der Waals surface area contributed by atoms with Crippen molar-refractivity contribution in [2.24, 2.45) is 0 Å². The van der Waals surface area contributed by atoms with Gasteiger partial charge in [0.2, 0.25) is 0 Å². The molecule has 1 aromatic carbocycles. The zero-order valence-corrected chi connectivity index (χ0v) is 13.6. The number of carboxylic acid groups (broad SMARTS) is 1. The minimum atomic E-state index is -1.32. The van der Waals surface area contributed by atoms with Gasteiger partial charge >= 0.3 is 17.6 Å². The second kappa shape index (κ2) is 7.63. The summed E-state index contributed by atoms with van der Waals surface area (Å²) in [5.74, 6) is -1.62. The number of benzene rings is 1. The van der Waals surface area contributed by atoms with E-state index in [0.717, 1.165) is 18.7 Å². The lowest BCUT2D eigenvalue weighted by molar-refractivity contribution is -0.140. The quantitative estimate of drug-likeness (QED) is 0.613. The van der Waals surface area contributed by atoms with E-state index >= 15 is 0 Å². The Morgan fingerprint density at radius 1 is 1.25 bits per heavy atom. The van der Waals surface area contributed by atoms with E-state index in [1.54, 1.807) is 18.2 Å². The number of nitrogens with zero attached hydrogens (tertiary/aromatic N) is 1. The number of carbonyl (C=O) groups is 2. The predicted octanol–water partition coefficient (Wildman–Crippen LogP) is 2.27. The van der Waals surface area contributed by atoms with Crippen molar-refractivity contribution < 1.29 is 23.8 Å². The molecule has 0 saturated heterocycles. The van der Waals surface area contributed by atoms with Crippen LogP contribution in [0.4, 0.5) is 5.69 Å². The maximum Gasteiger partial charge on any atom is 0.351 e. The van der Waals surface area contributed by atoms with Crippen LogP contribution in [0.5, 0.6) is 0 Å². The van der Waals surface area contributed by atoms with Crippen molar-refractivity contribution in [2.75, 3.05) is 25.1 Å². The zero-order valence-electron chi connectivity index (χ0n) is 13.6. The van der Waals surface area contributed by atoms with E-state index in [1.807, 2.05) is 11.8 Å². The Bertz CT molecular complexity index is 810. The summed E-state index contributed by atoms with van der Waals surface area (Å²) in [5, 5.41) is 9.50. The van der Waals surface area contributed by atoms with E-state index in [2.05, 4.69) is 4.74 Å². The van der Waals surface area contributed by atoms with Gasteiger partial charge in [0.05, 0.1) is 13.5 Å². The van der Waals surface area contributed by atoms with Crippen LogP contribution in [-0.4, -0.2) is 37.2 Å². The van der Waals surface area contributed by atoms with Gasteiger partial charge in [-0.05, 0) is 24.6 Å². The number of ether oxygens (including phenoxy) is 1. The molecule has 128 valence electrons. The lowest BCUT2D eigenvalue weighted by Crippen LogP contribution is -2.27. The van der Waals surface area contributed by atoms with Crippen LogP contribution in [0.2, 0.25) is 0 Å². The van der Waals surface area contributed by atoms with Crippen molar-refractivity contribution in [3.05, 3.63) is 40.2 Å². The summed E-state index contributed by atoms with van der Waals surface area (Å²) in [7, 11) is 1.34. The smallest absolute Gasteiger partial charge is 0.351 e. The van der Waals surface area contributed by atoms with Crippen molar-refractivity contribution >= 4 is 28.6 Å². The Balaban J connectivity index is 2.36. The third-order valence-corrected chi connectivity index (χ3v) is 3.62. The summed E-state index contributed by atoms with van der Waals surface area (Å²) >= 11 is 0. The molecular weight excluding hydrogens is 314 g/mol. The Kier molecular flexibility index (Phi) is 5.57. The standard InChI is InChI=1S/C17H19NO6/c1-3-7-18(8-6-15(19)23-2)12-5-4-11-9-13(16(20)21)17(22)24-14(11)10-12/h4-5,9-10H,3,6-8H2,1-2H3,(H,20,21). The molecule has 1 heterocycles. The fraction of sp³-hybridized carbons (Fsp3) is 0.353. The lowest BCUT2D eigenvalue weighted by atomic mass is 10.1. The number of rotatable bonds is 7. The Labute approximate surface area is 138 Å². The van der Waals surface area contributed by atoms with Crippen molar-refractivity contribution in [1.82, 2.24) is 0 Å². The van der Waals surface area contributed by atoms with Gasteiger partial charge in [-0.15, -0.1) is 0 Å². The normalized spacial score (nSPS) is 10.6. The van der Waals surface area contributed by atoms with Crippen molar-refractivity contribution in [2.45, 2.75) is 19.8 Å². The number of anilines is 1. The minimum Gasteiger partial charge on any atom is -0.477 e. The second-order valence-electron chi connectivity index (χ2n) is 5.29. The summed E-state index contributed by atoms with van der Waals surface area (Å²) in [5.41, 5.74) is -0.184. The molecule has 0 bridgehead atoms. The van der Waals surface area contributed by atoms with Gasteiger partial charge in [0.1, 0.15) is 11.1 Å². The highest BCUT2D eigenvalue weighted by atomic mass is 16.5. The highest BCUT2D eigenvalue weighted by Gasteiger charge is 2.14. The van der Waals surface area contributed by atoms with Crippen LogP contribution in [0.1, 0.15) is 30.1 Å². The highest BCUT2D eigenvalue weighted by Crippen LogP contribution is 2.22. The Hall–Kier alpha value is -2.83. The van der Waals surface area contributed by atoms with Gasteiger partial charge < -0.3 is 19.2 Å². The number of fused-ring (bicyclic) bond motifs is 1. The van der Waals surface area contributed by atoms with E-state index in [4.69, 9.17) is 9.52 Å². The number of hydrogen-bond donors (Lipinski definition) is 1. The van der Waals surface area contributed by atoms with Gasteiger partial charge in [-0.3, -0.25) is 4.79 Å². The van der Waals surface area contributed by atoms with Crippen LogP contribution in [0.3, 0.4) is 0 Å². The SMILES string of the molecule is CCCN(CCC(=O)OC)c1ccc2cc(C(=O)O)c(=O)oc2c1. The van der Waals surface area contributed by atoms with Gasteiger partial charge in [0.25, 0.3) is 0 Å². The number of carboxylic acids is 1. The maximum absolute atomic E-state index is 11.7. The van der Waals surface area contributed by atoms with Crippen molar-refractivity contribution in [1.29, 1.82) is 0 Å². The van der Waals surface area contributed by atoms with E-state index in [0.29, 0.717) is 17.5 Å². The summed E-state index contributed by atoms with van der Waals surface area (Å²) in [6, 6.07) is 6.48. The first-order valence-corrected chi connectivity index (χ1v) is 7.59. The second-order valence-corrected chi connectivity index (χ2v) is 5.29. The topological polar surface area (TPSA) is 97.0 Å². The Morgan fingerprint density at radius 3 is 2.62 bits per heavy atom. The summed E-state index contributed by atoms with van der Waals surface area (Å²) in [4.78, 5) is 36.0. The molecule has 0 saturated carbocycles. The molecule has 0 amide bonds. The van der Waals surface area contributed by atoms with E-state index in [9.17, 15) is 14.4 Å². The van der Waals surface area contributed by atoms with E-state index in [1.165, 1.54) is 13.2 Å². The van der Waals surface area contributed by atoms with Crippen LogP contribution < -0.4 is 10.5 Å². The van der Waals surface area contributed by atoms with E-state index in [-0.39, 0.29) is 12.4 Å². The highest BCUT2D eigenvalue weighted by molar-refractivity contribution is 5.92. The number of methoxy groups -OCH3 is 1. The average molecular weight is 333 g/mol. The maximum atomic E-state index is 11.7. The first-order chi connectivity index (χ1) is 11.5. The van der Waals surface area contributed by atoms with Crippen LogP contribution in [0.15, 0.2) is 33.5 Å². The van der Waals surface area contributed by atoms with Crippen LogP contribution in [0.25, 0.3) is 11.0 Å². The largest absolute Gasteiger partial charge is 0.477 e. The molecule has 0 aliphatic rings. The first kappa shape index (κ1) is 17.5. The van der Waals surface area contributed by atoms with Crippen molar-refractivity contribution in [3.63, 3.8) is 0 Å². The minimum absolute atomic E-state index is 0.246. The molecule has 24 heavy (non-hydrogen) atoms. The molecular formula is C17H19NO6. The first-order valence-electron chi connectivity index (χ1n) is 7.59. The molecule has 0 aliphatic carbocycles. The molecule has 7 nitrogen and oxygen atoms in total. The number of carbonyl (C=O) groups excluding carboxylic acids is 1. The number of aromatic carboxylic acids is 1. The van der Waals surface area contributed by atoms with Crippen LogP contribution in [-0.2, 0) is 9.53 Å². The molecule has 1 aromatic heterocycles. The van der Waals surface area contributed by atoms with Crippen molar-refractivity contribution in [3.8, 4) is 0 Å². The van der Waals surface area contributed by atoms with Gasteiger partial charge in [0, 0.05) is 30.2 Å². The molecule has 0 fully saturated rings. The van der Waals surface area contributed by atoms with Gasteiger partial charge in [-0.1, -0.05) is 6.92 Å². The molecule has 0 spiro atoms. The molecule has 1 N–H and O–H groups in total. The van der Waals surface area contributed by atoms with Gasteiger partial charge in [-0.2, -0.15) is 0 Å². The molecule has 0 unspecified atom stereocenters. The molecule has 7 heteroatoms. The predicted molar refractivity (Wildman–Crippen MR) is 88.6 cm³/mol. The van der Waals surface area contributed by atoms with Gasteiger partial charge in [0.15, 0.2) is 0 Å². The fourth-order valence-corrected chi connectivity index (χ4v) is 2.41. The van der Waals surface area contributed by atoms with Crippen LogP contribution >= 0.6 is 0 Å².